The maximum atomic E-state index is 14.5. The van der Waals surface area contributed by atoms with Crippen LogP contribution in [-0.2, 0) is 32.6 Å². The molecule has 0 aliphatic rings. The first-order valence-corrected chi connectivity index (χ1v) is 16.0. The third-order valence-corrected chi connectivity index (χ3v) is 9.12. The van der Waals surface area contributed by atoms with Crippen molar-refractivity contribution in [3.63, 3.8) is 0 Å². The lowest BCUT2D eigenvalue weighted by Gasteiger charge is -2.34. The Balaban J connectivity index is 1.83. The first-order valence-electron chi connectivity index (χ1n) is 14.2. The van der Waals surface area contributed by atoms with Gasteiger partial charge in [-0.05, 0) is 55.3 Å². The summed E-state index contributed by atoms with van der Waals surface area (Å²) in [6.45, 7) is 3.50. The van der Waals surface area contributed by atoms with E-state index in [0.29, 0.717) is 6.54 Å². The first-order chi connectivity index (χ1) is 21.1. The Morgan fingerprint density at radius 1 is 0.886 bits per heavy atom. The average Bonchev–Trinajstić information content (AvgIpc) is 3.02. The van der Waals surface area contributed by atoms with E-state index in [1.54, 1.807) is 24.3 Å². The number of nitrogens with one attached hydrogen (secondary N) is 1. The van der Waals surface area contributed by atoms with Crippen LogP contribution in [0.25, 0.3) is 0 Å². The van der Waals surface area contributed by atoms with E-state index < -0.39 is 28.5 Å². The standard InChI is InChI=1S/C34H36ClN3O5S/c1-4-36-34(40)31(21-26-11-7-5-8-12-26)37(23-27-13-9-6-10-14-27)33(39)24-38(30-22-28(35)17-20-32(30)43-3)44(41,42)29-18-15-25(2)16-19-29/h5-20,22,31H,4,21,23-24H2,1-3H3,(H,36,40). The SMILES string of the molecule is CCNC(=O)C(Cc1ccccc1)N(Cc1ccccc1)C(=O)CN(c1cc(Cl)ccc1OC)S(=O)(=O)c1ccc(C)cc1. The van der Waals surface area contributed by atoms with Crippen molar-refractivity contribution < 1.29 is 22.7 Å². The highest BCUT2D eigenvalue weighted by atomic mass is 35.5. The molecule has 0 saturated heterocycles. The van der Waals surface area contributed by atoms with Gasteiger partial charge in [0.15, 0.2) is 0 Å². The van der Waals surface area contributed by atoms with Gasteiger partial charge in [0.2, 0.25) is 11.8 Å². The van der Waals surface area contributed by atoms with Gasteiger partial charge in [-0.1, -0.05) is 90.0 Å². The van der Waals surface area contributed by atoms with Crippen LogP contribution in [0.1, 0.15) is 23.6 Å². The van der Waals surface area contributed by atoms with E-state index in [2.05, 4.69) is 5.32 Å². The third kappa shape index (κ3) is 7.98. The van der Waals surface area contributed by atoms with E-state index in [1.807, 2.05) is 74.5 Å². The van der Waals surface area contributed by atoms with Crippen LogP contribution in [0.4, 0.5) is 5.69 Å². The van der Waals surface area contributed by atoms with Gasteiger partial charge in [-0.3, -0.25) is 13.9 Å². The monoisotopic (exact) mass is 633 g/mol. The van der Waals surface area contributed by atoms with Crippen molar-refractivity contribution in [2.24, 2.45) is 0 Å². The van der Waals surface area contributed by atoms with Gasteiger partial charge in [0.05, 0.1) is 17.7 Å². The number of nitrogens with zero attached hydrogens (tertiary/aromatic N) is 2. The molecule has 1 unspecified atom stereocenters. The van der Waals surface area contributed by atoms with Crippen molar-refractivity contribution in [3.05, 3.63) is 125 Å². The van der Waals surface area contributed by atoms with Crippen LogP contribution in [0, 0.1) is 6.92 Å². The Hall–Kier alpha value is -4.34. The van der Waals surface area contributed by atoms with E-state index in [0.717, 1.165) is 21.0 Å². The van der Waals surface area contributed by atoms with Crippen LogP contribution in [-0.4, -0.2) is 51.4 Å². The van der Waals surface area contributed by atoms with Crippen LogP contribution in [0.15, 0.2) is 108 Å². The van der Waals surface area contributed by atoms with Crippen molar-refractivity contribution in [2.45, 2.75) is 37.8 Å². The molecule has 0 aliphatic heterocycles. The smallest absolute Gasteiger partial charge is 0.264 e. The van der Waals surface area contributed by atoms with Crippen LogP contribution in [0.3, 0.4) is 0 Å². The maximum absolute atomic E-state index is 14.5. The molecule has 44 heavy (non-hydrogen) atoms. The number of likely N-dealkylation sites (N-methyl/N-ethyl adjacent to an activating group) is 1. The number of amides is 2. The lowest BCUT2D eigenvalue weighted by atomic mass is 10.0. The second kappa shape index (κ2) is 14.9. The summed E-state index contributed by atoms with van der Waals surface area (Å²) in [5.74, 6) is -0.690. The normalized spacial score (nSPS) is 11.8. The third-order valence-electron chi connectivity index (χ3n) is 7.12. The van der Waals surface area contributed by atoms with Gasteiger partial charge in [-0.25, -0.2) is 8.42 Å². The summed E-state index contributed by atoms with van der Waals surface area (Å²) in [6.07, 6.45) is 0.233. The molecular weight excluding hydrogens is 598 g/mol. The van der Waals surface area contributed by atoms with E-state index in [4.69, 9.17) is 16.3 Å². The quantitative estimate of drug-likeness (QED) is 0.206. The topological polar surface area (TPSA) is 96.0 Å². The summed E-state index contributed by atoms with van der Waals surface area (Å²) in [5, 5.41) is 3.12. The number of methoxy groups -OCH3 is 1. The molecular formula is C34H36ClN3O5S. The molecule has 10 heteroatoms. The zero-order valence-electron chi connectivity index (χ0n) is 24.9. The second-order valence-corrected chi connectivity index (χ2v) is 12.5. The van der Waals surface area contributed by atoms with Crippen molar-refractivity contribution in [3.8, 4) is 5.75 Å². The molecule has 0 bridgehead atoms. The zero-order chi connectivity index (χ0) is 31.7. The van der Waals surface area contributed by atoms with Crippen LogP contribution < -0.4 is 14.4 Å². The average molecular weight is 634 g/mol. The van der Waals surface area contributed by atoms with Crippen LogP contribution in [0.5, 0.6) is 5.75 Å². The Kier molecular flexibility index (Phi) is 11.0. The predicted octanol–water partition coefficient (Wildman–Crippen LogP) is 5.63. The molecule has 0 spiro atoms. The minimum absolute atomic E-state index is 0.00269. The molecule has 0 aromatic heterocycles. The molecule has 4 aromatic rings. The van der Waals surface area contributed by atoms with Gasteiger partial charge in [0, 0.05) is 24.5 Å². The first kappa shape index (κ1) is 32.6. The number of aryl methyl sites for hydroxylation is 1. The molecule has 1 atom stereocenters. The fourth-order valence-electron chi connectivity index (χ4n) is 4.83. The maximum Gasteiger partial charge on any atom is 0.264 e. The molecule has 8 nitrogen and oxygen atoms in total. The molecule has 0 heterocycles. The number of halogens is 1. The second-order valence-electron chi connectivity index (χ2n) is 10.2. The van der Waals surface area contributed by atoms with Crippen molar-refractivity contribution in [2.75, 3.05) is 24.5 Å². The Bertz CT molecular complexity index is 1670. The summed E-state index contributed by atoms with van der Waals surface area (Å²) in [6, 6.07) is 28.7. The van der Waals surface area contributed by atoms with Crippen LogP contribution in [0.2, 0.25) is 5.02 Å². The molecule has 0 saturated carbocycles. The number of ether oxygens (including phenoxy) is 1. The predicted molar refractivity (Wildman–Crippen MR) is 173 cm³/mol. The number of hydrogen-bond donors (Lipinski definition) is 1. The summed E-state index contributed by atoms with van der Waals surface area (Å²) in [4.78, 5) is 29.5. The Morgan fingerprint density at radius 2 is 1.50 bits per heavy atom. The van der Waals surface area contributed by atoms with Gasteiger partial charge in [0.25, 0.3) is 10.0 Å². The number of hydrogen-bond acceptors (Lipinski definition) is 5. The molecule has 0 fully saturated rings. The number of rotatable bonds is 13. The molecule has 0 radical (unpaired) electrons. The van der Waals surface area contributed by atoms with Gasteiger partial charge in [-0.2, -0.15) is 0 Å². The van der Waals surface area contributed by atoms with Crippen molar-refractivity contribution in [1.29, 1.82) is 0 Å². The van der Waals surface area contributed by atoms with Crippen molar-refractivity contribution in [1.82, 2.24) is 10.2 Å². The fraction of sp³-hybridized carbons (Fsp3) is 0.235. The summed E-state index contributed by atoms with van der Waals surface area (Å²) in [5.41, 5.74) is 2.63. The van der Waals surface area contributed by atoms with Crippen LogP contribution >= 0.6 is 11.6 Å². The fourth-order valence-corrected chi connectivity index (χ4v) is 6.42. The van der Waals surface area contributed by atoms with Gasteiger partial charge in [0.1, 0.15) is 18.3 Å². The number of sulfonamides is 1. The van der Waals surface area contributed by atoms with E-state index in [9.17, 15) is 18.0 Å². The summed E-state index contributed by atoms with van der Waals surface area (Å²) < 4.78 is 34.9. The van der Waals surface area contributed by atoms with Gasteiger partial charge >= 0.3 is 0 Å². The molecule has 4 rings (SSSR count). The summed E-state index contributed by atoms with van der Waals surface area (Å²) >= 11 is 6.33. The Morgan fingerprint density at radius 3 is 2.09 bits per heavy atom. The Labute approximate surface area is 264 Å². The minimum atomic E-state index is -4.29. The van der Waals surface area contributed by atoms with E-state index >= 15 is 0 Å². The van der Waals surface area contributed by atoms with Gasteiger partial charge < -0.3 is 15.0 Å². The highest BCUT2D eigenvalue weighted by Crippen LogP contribution is 2.35. The molecule has 2 amide bonds. The number of carbonyl (C=O) groups excluding carboxylic acids is 2. The zero-order valence-corrected chi connectivity index (χ0v) is 26.5. The molecule has 0 aliphatic carbocycles. The van der Waals surface area contributed by atoms with Crippen molar-refractivity contribution >= 4 is 39.1 Å². The largest absolute Gasteiger partial charge is 0.495 e. The minimum Gasteiger partial charge on any atom is -0.495 e. The highest BCUT2D eigenvalue weighted by molar-refractivity contribution is 7.92. The lowest BCUT2D eigenvalue weighted by molar-refractivity contribution is -0.140. The number of carbonyl (C=O) groups is 2. The summed E-state index contributed by atoms with van der Waals surface area (Å²) in [7, 11) is -2.88. The highest BCUT2D eigenvalue weighted by Gasteiger charge is 2.35. The number of anilines is 1. The molecule has 1 N–H and O–H groups in total. The van der Waals surface area contributed by atoms with E-state index in [-0.39, 0.29) is 40.2 Å². The molecule has 230 valence electrons. The molecule has 4 aromatic carbocycles. The van der Waals surface area contributed by atoms with Gasteiger partial charge in [-0.15, -0.1) is 0 Å². The number of benzene rings is 4. The van der Waals surface area contributed by atoms with E-state index in [1.165, 1.54) is 30.2 Å². The lowest BCUT2D eigenvalue weighted by Crippen LogP contribution is -2.53.